The molecule has 0 atom stereocenters. The maximum absolute atomic E-state index is 13.2. The van der Waals surface area contributed by atoms with Gasteiger partial charge in [0.05, 0.1) is 23.6 Å². The summed E-state index contributed by atoms with van der Waals surface area (Å²) >= 11 is 0. The molecule has 0 bridgehead atoms. The van der Waals surface area contributed by atoms with E-state index in [0.717, 1.165) is 42.2 Å². The molecule has 0 aliphatic heterocycles. The maximum Gasteiger partial charge on any atom is 0.416 e. The summed E-state index contributed by atoms with van der Waals surface area (Å²) in [5.41, 5.74) is 1.57. The van der Waals surface area contributed by atoms with E-state index >= 15 is 0 Å². The molecule has 1 heterocycles. The molecule has 11 heteroatoms. The number of nitrogens with zero attached hydrogens (tertiary/aromatic N) is 2. The first-order valence-electron chi connectivity index (χ1n) is 12.5. The third-order valence-corrected chi connectivity index (χ3v) is 7.18. The number of aryl methyl sites for hydroxylation is 1. The largest absolute Gasteiger partial charge is 0.464 e. The average Bonchev–Trinajstić information content (AvgIpc) is 3.33. The van der Waals surface area contributed by atoms with Crippen LogP contribution in [0.2, 0.25) is 0 Å². The highest BCUT2D eigenvalue weighted by molar-refractivity contribution is 7.87. The Morgan fingerprint density at radius 3 is 2.42 bits per heavy atom. The van der Waals surface area contributed by atoms with Gasteiger partial charge in [0.2, 0.25) is 0 Å². The second-order valence-electron chi connectivity index (χ2n) is 9.08. The molecule has 0 spiro atoms. The fourth-order valence-electron chi connectivity index (χ4n) is 3.92. The molecule has 0 aliphatic carbocycles. The maximum atomic E-state index is 13.2. The minimum Gasteiger partial charge on any atom is -0.464 e. The van der Waals surface area contributed by atoms with Gasteiger partial charge in [0.1, 0.15) is 11.4 Å². The zero-order valence-electron chi connectivity index (χ0n) is 21.8. The summed E-state index contributed by atoms with van der Waals surface area (Å²) in [4.78, 5) is 11.9. The van der Waals surface area contributed by atoms with Gasteiger partial charge in [-0.05, 0) is 55.3 Å². The van der Waals surface area contributed by atoms with E-state index in [1.807, 2.05) is 37.3 Å². The van der Waals surface area contributed by atoms with Gasteiger partial charge in [-0.3, -0.25) is 9.48 Å². The van der Waals surface area contributed by atoms with Gasteiger partial charge in [0, 0.05) is 5.56 Å². The van der Waals surface area contributed by atoms with Crippen molar-refractivity contribution in [2.24, 2.45) is 0 Å². The predicted octanol–water partition coefficient (Wildman–Crippen LogP) is 6.66. The molecule has 3 aromatic carbocycles. The third-order valence-electron chi connectivity index (χ3n) is 5.95. The van der Waals surface area contributed by atoms with Crippen LogP contribution in [0.1, 0.15) is 30.9 Å². The second-order valence-corrected chi connectivity index (χ2v) is 10.6. The Hall–Kier alpha value is -4.12. The SMILES string of the molecule is CCCCOC(=O)Cn1nc(-c2cc(C)ccc2OS(=O)(=O)c2cccc(C(F)(F)F)c2)cc1-c1ccccc1. The number of alkyl halides is 3. The van der Waals surface area contributed by atoms with Crippen molar-refractivity contribution in [1.82, 2.24) is 9.78 Å². The van der Waals surface area contributed by atoms with E-state index < -0.39 is 32.7 Å². The van der Waals surface area contributed by atoms with Crippen LogP contribution >= 0.6 is 0 Å². The topological polar surface area (TPSA) is 87.5 Å². The van der Waals surface area contributed by atoms with Gasteiger partial charge in [0.15, 0.2) is 5.75 Å². The molecule has 7 nitrogen and oxygen atoms in total. The third kappa shape index (κ3) is 6.90. The van der Waals surface area contributed by atoms with Crippen molar-refractivity contribution in [2.75, 3.05) is 6.61 Å². The smallest absolute Gasteiger partial charge is 0.416 e. The number of aromatic nitrogens is 2. The first kappa shape index (κ1) is 28.9. The molecule has 0 N–H and O–H groups in total. The van der Waals surface area contributed by atoms with Crippen LogP contribution in [0.25, 0.3) is 22.5 Å². The summed E-state index contributed by atoms with van der Waals surface area (Å²) in [6.45, 7) is 3.87. The Morgan fingerprint density at radius 1 is 0.975 bits per heavy atom. The number of carbonyl (C=O) groups excluding carboxylic acids is 1. The molecule has 0 amide bonds. The van der Waals surface area contributed by atoms with Crippen LogP contribution in [0.5, 0.6) is 5.75 Å². The molecule has 210 valence electrons. The summed E-state index contributed by atoms with van der Waals surface area (Å²) in [7, 11) is -4.64. The lowest BCUT2D eigenvalue weighted by Crippen LogP contribution is -2.16. The van der Waals surface area contributed by atoms with Crippen molar-refractivity contribution in [3.05, 3.63) is 90.0 Å². The van der Waals surface area contributed by atoms with Crippen molar-refractivity contribution >= 4 is 16.1 Å². The van der Waals surface area contributed by atoms with Crippen LogP contribution in [0.3, 0.4) is 0 Å². The van der Waals surface area contributed by atoms with Crippen LogP contribution < -0.4 is 4.18 Å². The van der Waals surface area contributed by atoms with Gasteiger partial charge >= 0.3 is 22.3 Å². The number of rotatable bonds is 10. The van der Waals surface area contributed by atoms with Crippen LogP contribution in [-0.4, -0.2) is 30.8 Å². The lowest BCUT2D eigenvalue weighted by molar-refractivity contribution is -0.144. The number of esters is 1. The molecule has 0 saturated carbocycles. The van der Waals surface area contributed by atoms with Crippen molar-refractivity contribution in [2.45, 2.75) is 44.3 Å². The number of unbranched alkanes of at least 4 members (excludes halogenated alkanes) is 1. The van der Waals surface area contributed by atoms with Crippen molar-refractivity contribution in [3.63, 3.8) is 0 Å². The highest BCUT2D eigenvalue weighted by atomic mass is 32.2. The van der Waals surface area contributed by atoms with Gasteiger partial charge in [0.25, 0.3) is 0 Å². The number of halogens is 3. The molecular weight excluding hydrogens is 545 g/mol. The molecule has 0 fully saturated rings. The van der Waals surface area contributed by atoms with E-state index in [1.165, 1.54) is 10.7 Å². The fourth-order valence-corrected chi connectivity index (χ4v) is 4.91. The normalized spacial score (nSPS) is 11.8. The molecule has 4 aromatic rings. The van der Waals surface area contributed by atoms with E-state index in [1.54, 1.807) is 25.1 Å². The molecule has 1 aromatic heterocycles. The van der Waals surface area contributed by atoms with Crippen molar-refractivity contribution in [1.29, 1.82) is 0 Å². The van der Waals surface area contributed by atoms with Crippen LogP contribution in [0.4, 0.5) is 13.2 Å². The monoisotopic (exact) mass is 572 g/mol. The Morgan fingerprint density at radius 2 is 1.73 bits per heavy atom. The Balaban J connectivity index is 1.74. The lowest BCUT2D eigenvalue weighted by atomic mass is 10.1. The summed E-state index contributed by atoms with van der Waals surface area (Å²) in [6, 6.07) is 18.9. The van der Waals surface area contributed by atoms with Gasteiger partial charge in [-0.25, -0.2) is 0 Å². The molecule has 0 unspecified atom stereocenters. The first-order chi connectivity index (χ1) is 19.0. The summed E-state index contributed by atoms with van der Waals surface area (Å²) in [5, 5.41) is 4.57. The first-order valence-corrected chi connectivity index (χ1v) is 13.9. The molecule has 40 heavy (non-hydrogen) atoms. The molecule has 0 aliphatic rings. The fraction of sp³-hybridized carbons (Fsp3) is 0.241. The van der Waals surface area contributed by atoms with E-state index in [-0.39, 0.29) is 24.5 Å². The molecule has 0 saturated heterocycles. The Bertz CT molecular complexity index is 1600. The van der Waals surface area contributed by atoms with E-state index in [4.69, 9.17) is 8.92 Å². The highest BCUT2D eigenvalue weighted by Crippen LogP contribution is 2.36. The molecule has 0 radical (unpaired) electrons. The molecule has 4 rings (SSSR count). The zero-order chi connectivity index (χ0) is 28.9. The lowest BCUT2D eigenvalue weighted by Gasteiger charge is -2.13. The number of hydrogen-bond acceptors (Lipinski definition) is 6. The minimum atomic E-state index is -4.72. The van der Waals surface area contributed by atoms with Gasteiger partial charge in [-0.2, -0.15) is 26.7 Å². The number of benzene rings is 3. The summed E-state index contributed by atoms with van der Waals surface area (Å²) < 4.78 is 77.8. The van der Waals surface area contributed by atoms with E-state index in [2.05, 4.69) is 5.10 Å². The quantitative estimate of drug-likeness (QED) is 0.120. The summed E-state index contributed by atoms with van der Waals surface area (Å²) in [6.07, 6.45) is -3.13. The minimum absolute atomic E-state index is 0.127. The zero-order valence-corrected chi connectivity index (χ0v) is 22.6. The van der Waals surface area contributed by atoms with Crippen molar-refractivity contribution in [3.8, 4) is 28.3 Å². The number of carbonyl (C=O) groups is 1. The number of hydrogen-bond donors (Lipinski definition) is 0. The molecular formula is C29H27F3N2O5S. The average molecular weight is 573 g/mol. The van der Waals surface area contributed by atoms with E-state index in [9.17, 15) is 26.4 Å². The van der Waals surface area contributed by atoms with Gasteiger partial charge in [-0.1, -0.05) is 61.4 Å². The highest BCUT2D eigenvalue weighted by Gasteiger charge is 2.32. The van der Waals surface area contributed by atoms with Crippen LogP contribution in [0, 0.1) is 6.92 Å². The second kappa shape index (κ2) is 12.0. The number of ether oxygens (including phenoxy) is 1. The van der Waals surface area contributed by atoms with Gasteiger partial charge < -0.3 is 8.92 Å². The Kier molecular flexibility index (Phi) is 8.63. The van der Waals surface area contributed by atoms with Crippen LogP contribution in [-0.2, 0) is 32.4 Å². The predicted molar refractivity (Wildman–Crippen MR) is 143 cm³/mol. The van der Waals surface area contributed by atoms with E-state index in [0.29, 0.717) is 17.5 Å². The standard InChI is InChI=1S/C29H27F3N2O5S/c1-3-4-15-38-28(35)19-34-26(21-9-6-5-7-10-21)18-25(33-34)24-16-20(2)13-14-27(24)39-40(36,37)23-12-8-11-22(17-23)29(30,31)32/h5-14,16-18H,3-4,15,19H2,1-2H3. The van der Waals surface area contributed by atoms with Crippen molar-refractivity contribution < 1.29 is 35.3 Å². The van der Waals surface area contributed by atoms with Gasteiger partial charge in [-0.15, -0.1) is 0 Å². The summed E-state index contributed by atoms with van der Waals surface area (Å²) in [5.74, 6) is -0.606. The Labute approximate surface area is 230 Å². The van der Waals surface area contributed by atoms with Crippen LogP contribution in [0.15, 0.2) is 83.8 Å².